The summed E-state index contributed by atoms with van der Waals surface area (Å²) in [6.07, 6.45) is 1.01. The summed E-state index contributed by atoms with van der Waals surface area (Å²) >= 11 is 0. The molecule has 0 spiro atoms. The van der Waals surface area contributed by atoms with Gasteiger partial charge in [-0.2, -0.15) is 0 Å². The first-order chi connectivity index (χ1) is 8.12. The quantitative estimate of drug-likeness (QED) is 0.872. The lowest BCUT2D eigenvalue weighted by Crippen LogP contribution is -2.34. The number of aliphatic hydroxyl groups excluding tert-OH is 1. The van der Waals surface area contributed by atoms with Crippen molar-refractivity contribution < 1.29 is 14.6 Å². The summed E-state index contributed by atoms with van der Waals surface area (Å²) < 4.78 is 11.1. The molecule has 2 atom stereocenters. The summed E-state index contributed by atoms with van der Waals surface area (Å²) in [4.78, 5) is 0. The van der Waals surface area contributed by atoms with E-state index in [1.807, 2.05) is 26.0 Å². The van der Waals surface area contributed by atoms with Crippen LogP contribution in [0.15, 0.2) is 18.2 Å². The zero-order chi connectivity index (χ0) is 12.5. The molecule has 0 saturated heterocycles. The lowest BCUT2D eigenvalue weighted by atomic mass is 9.89. The smallest absolute Gasteiger partial charge is 0.128 e. The topological polar surface area (TPSA) is 38.7 Å². The van der Waals surface area contributed by atoms with Gasteiger partial charge in [-0.05, 0) is 18.9 Å². The highest BCUT2D eigenvalue weighted by molar-refractivity contribution is 5.45. The molecule has 0 amide bonds. The number of aliphatic hydroxyl groups is 1. The van der Waals surface area contributed by atoms with Crippen molar-refractivity contribution in [3.63, 3.8) is 0 Å². The first-order valence-electron chi connectivity index (χ1n) is 6.10. The lowest BCUT2D eigenvalue weighted by Gasteiger charge is -2.33. The van der Waals surface area contributed by atoms with Crippen LogP contribution in [-0.4, -0.2) is 24.4 Å². The van der Waals surface area contributed by atoms with Gasteiger partial charge in [0.1, 0.15) is 11.9 Å². The average molecular weight is 236 g/mol. The Bertz CT molecular complexity index is 396. The van der Waals surface area contributed by atoms with Crippen LogP contribution >= 0.6 is 0 Å². The van der Waals surface area contributed by atoms with Crippen molar-refractivity contribution in [2.75, 3.05) is 13.7 Å². The van der Waals surface area contributed by atoms with Gasteiger partial charge in [-0.15, -0.1) is 0 Å². The number of rotatable bonds is 4. The zero-order valence-electron chi connectivity index (χ0n) is 10.7. The highest BCUT2D eigenvalue weighted by Gasteiger charge is 2.35. The Morgan fingerprint density at radius 1 is 1.53 bits per heavy atom. The normalized spacial score (nSPS) is 19.3. The zero-order valence-corrected chi connectivity index (χ0v) is 10.7. The molecular weight excluding hydrogens is 216 g/mol. The van der Waals surface area contributed by atoms with Gasteiger partial charge in [-0.1, -0.05) is 25.1 Å². The highest BCUT2D eigenvalue weighted by atomic mass is 16.5. The first kappa shape index (κ1) is 12.4. The second kappa shape index (κ2) is 4.67. The summed E-state index contributed by atoms with van der Waals surface area (Å²) in [7, 11) is 1.64. The predicted molar refractivity (Wildman–Crippen MR) is 66.3 cm³/mol. The summed E-state index contributed by atoms with van der Waals surface area (Å²) in [6.45, 7) is 4.64. The molecule has 0 aromatic heterocycles. The number of methoxy groups -OCH3 is 1. The van der Waals surface area contributed by atoms with Crippen molar-refractivity contribution in [2.45, 2.75) is 38.4 Å². The molecule has 0 aliphatic carbocycles. The molecule has 94 valence electrons. The summed E-state index contributed by atoms with van der Waals surface area (Å²) in [5, 5.41) is 10.5. The van der Waals surface area contributed by atoms with Gasteiger partial charge in [0.2, 0.25) is 0 Å². The first-order valence-corrected chi connectivity index (χ1v) is 6.10. The van der Waals surface area contributed by atoms with E-state index in [2.05, 4.69) is 6.07 Å². The van der Waals surface area contributed by atoms with Gasteiger partial charge in [-0.25, -0.2) is 0 Å². The van der Waals surface area contributed by atoms with E-state index in [0.717, 1.165) is 24.2 Å². The maximum absolute atomic E-state index is 10.5. The van der Waals surface area contributed by atoms with E-state index in [9.17, 15) is 5.11 Å². The minimum absolute atomic E-state index is 0.568. The Hall–Kier alpha value is -1.06. The molecule has 0 fully saturated rings. The van der Waals surface area contributed by atoms with Crippen LogP contribution in [0.25, 0.3) is 0 Å². The number of fused-ring (bicyclic) bond motifs is 1. The molecule has 3 heteroatoms. The SMILES string of the molecule is CCC(C)(OC)C(O)c1cccc2c1OCC2. The van der Waals surface area contributed by atoms with Crippen molar-refractivity contribution in [1.82, 2.24) is 0 Å². The maximum atomic E-state index is 10.5. The summed E-state index contributed by atoms with van der Waals surface area (Å²) in [6, 6.07) is 5.94. The van der Waals surface area contributed by atoms with E-state index >= 15 is 0 Å². The van der Waals surface area contributed by atoms with Gasteiger partial charge in [-0.3, -0.25) is 0 Å². The van der Waals surface area contributed by atoms with Crippen LogP contribution < -0.4 is 4.74 Å². The van der Waals surface area contributed by atoms with E-state index in [1.54, 1.807) is 7.11 Å². The standard InChI is InChI=1S/C14H20O3/c1-4-14(2,16-3)13(15)11-7-5-6-10-8-9-17-12(10)11/h5-7,13,15H,4,8-9H2,1-3H3. The van der Waals surface area contributed by atoms with Crippen LogP contribution in [0.3, 0.4) is 0 Å². The van der Waals surface area contributed by atoms with Crippen LogP contribution in [0.1, 0.15) is 37.5 Å². The van der Waals surface area contributed by atoms with E-state index in [0.29, 0.717) is 6.61 Å². The van der Waals surface area contributed by atoms with Crippen LogP contribution in [0, 0.1) is 0 Å². The van der Waals surface area contributed by atoms with Crippen molar-refractivity contribution in [3.8, 4) is 5.75 Å². The Morgan fingerprint density at radius 2 is 2.29 bits per heavy atom. The highest BCUT2D eigenvalue weighted by Crippen LogP contribution is 2.39. The van der Waals surface area contributed by atoms with E-state index in [4.69, 9.17) is 9.47 Å². The fourth-order valence-electron chi connectivity index (χ4n) is 2.23. The number of hydrogen-bond acceptors (Lipinski definition) is 3. The Balaban J connectivity index is 2.38. The van der Waals surface area contributed by atoms with Gasteiger partial charge >= 0.3 is 0 Å². The van der Waals surface area contributed by atoms with E-state index < -0.39 is 11.7 Å². The fourth-order valence-corrected chi connectivity index (χ4v) is 2.23. The Morgan fingerprint density at radius 3 is 2.94 bits per heavy atom. The number of para-hydroxylation sites is 1. The minimum atomic E-state index is -0.662. The molecule has 1 aromatic carbocycles. The fraction of sp³-hybridized carbons (Fsp3) is 0.571. The lowest BCUT2D eigenvalue weighted by molar-refractivity contribution is -0.0950. The van der Waals surface area contributed by atoms with Gasteiger partial charge in [0, 0.05) is 19.1 Å². The number of benzene rings is 1. The second-order valence-electron chi connectivity index (χ2n) is 4.71. The van der Waals surface area contributed by atoms with Gasteiger partial charge in [0.15, 0.2) is 0 Å². The largest absolute Gasteiger partial charge is 0.493 e. The van der Waals surface area contributed by atoms with Gasteiger partial charge < -0.3 is 14.6 Å². The number of hydrogen-bond donors (Lipinski definition) is 1. The molecule has 1 aliphatic heterocycles. The van der Waals surface area contributed by atoms with Crippen molar-refractivity contribution in [1.29, 1.82) is 0 Å². The maximum Gasteiger partial charge on any atom is 0.128 e. The minimum Gasteiger partial charge on any atom is -0.493 e. The van der Waals surface area contributed by atoms with Crippen LogP contribution in [0.2, 0.25) is 0 Å². The third kappa shape index (κ3) is 2.05. The molecule has 0 radical (unpaired) electrons. The van der Waals surface area contributed by atoms with Gasteiger partial charge in [0.05, 0.1) is 12.2 Å². The molecule has 17 heavy (non-hydrogen) atoms. The summed E-state index contributed by atoms with van der Waals surface area (Å²) in [5.74, 6) is 0.844. The molecule has 1 aliphatic rings. The van der Waals surface area contributed by atoms with Crippen LogP contribution in [0.4, 0.5) is 0 Å². The molecule has 1 aromatic rings. The molecular formula is C14H20O3. The molecule has 0 bridgehead atoms. The molecule has 1 N–H and O–H groups in total. The van der Waals surface area contributed by atoms with Crippen molar-refractivity contribution in [3.05, 3.63) is 29.3 Å². The van der Waals surface area contributed by atoms with Crippen molar-refractivity contribution in [2.24, 2.45) is 0 Å². The average Bonchev–Trinajstić information content (AvgIpc) is 2.85. The predicted octanol–water partition coefficient (Wildman–Crippen LogP) is 2.47. The molecule has 3 nitrogen and oxygen atoms in total. The second-order valence-corrected chi connectivity index (χ2v) is 4.71. The molecule has 2 rings (SSSR count). The third-order valence-electron chi connectivity index (χ3n) is 3.79. The Kier molecular flexibility index (Phi) is 3.40. The van der Waals surface area contributed by atoms with E-state index in [-0.39, 0.29) is 0 Å². The van der Waals surface area contributed by atoms with Gasteiger partial charge in [0.25, 0.3) is 0 Å². The van der Waals surface area contributed by atoms with E-state index in [1.165, 1.54) is 5.56 Å². The number of ether oxygens (including phenoxy) is 2. The Labute approximate surface area is 102 Å². The molecule has 2 unspecified atom stereocenters. The molecule has 0 saturated carbocycles. The monoisotopic (exact) mass is 236 g/mol. The van der Waals surface area contributed by atoms with Crippen LogP contribution in [-0.2, 0) is 11.2 Å². The molecule has 1 heterocycles. The summed E-state index contributed by atoms with van der Waals surface area (Å²) in [5.41, 5.74) is 1.45. The van der Waals surface area contributed by atoms with Crippen molar-refractivity contribution >= 4 is 0 Å². The third-order valence-corrected chi connectivity index (χ3v) is 3.79. The van der Waals surface area contributed by atoms with Crippen LogP contribution in [0.5, 0.6) is 5.75 Å².